The summed E-state index contributed by atoms with van der Waals surface area (Å²) in [6.07, 6.45) is 1.19. The Kier molecular flexibility index (Phi) is 4.94. The lowest BCUT2D eigenvalue weighted by molar-refractivity contribution is 0.593. The summed E-state index contributed by atoms with van der Waals surface area (Å²) >= 11 is 6.01. The highest BCUT2D eigenvalue weighted by atomic mass is 35.5. The van der Waals surface area contributed by atoms with Crippen molar-refractivity contribution in [2.45, 2.75) is 20.3 Å². The Morgan fingerprint density at radius 3 is 2.62 bits per heavy atom. The maximum absolute atomic E-state index is 6.01. The third-order valence-electron chi connectivity index (χ3n) is 2.78. The first-order valence-corrected chi connectivity index (χ1v) is 6.13. The van der Waals surface area contributed by atoms with Crippen molar-refractivity contribution in [1.82, 2.24) is 0 Å². The van der Waals surface area contributed by atoms with Gasteiger partial charge in [-0.1, -0.05) is 31.9 Å². The van der Waals surface area contributed by atoms with Crippen LogP contribution in [0.4, 0.5) is 11.4 Å². The lowest BCUT2D eigenvalue weighted by atomic mass is 10.1. The number of hydrogen-bond donors (Lipinski definition) is 1. The van der Waals surface area contributed by atoms with Crippen LogP contribution in [0.3, 0.4) is 0 Å². The van der Waals surface area contributed by atoms with E-state index in [0.717, 1.165) is 17.3 Å². The predicted octanol–water partition coefficient (Wildman–Crippen LogP) is 3.86. The van der Waals surface area contributed by atoms with Gasteiger partial charge in [-0.2, -0.15) is 0 Å². The minimum absolute atomic E-state index is 0.675. The standard InChI is InChI=1S/C13H21ClN2/c1-5-10(2)9-15-12-8-11(14)6-7-13(12)16(3)4/h6-8,10,15H,5,9H2,1-4H3. The van der Waals surface area contributed by atoms with Crippen LogP contribution in [0.25, 0.3) is 0 Å². The van der Waals surface area contributed by atoms with Gasteiger partial charge in [-0.05, 0) is 24.1 Å². The summed E-state index contributed by atoms with van der Waals surface area (Å²) in [4.78, 5) is 2.09. The molecule has 1 N–H and O–H groups in total. The molecule has 0 aliphatic carbocycles. The van der Waals surface area contributed by atoms with Crippen LogP contribution < -0.4 is 10.2 Å². The molecule has 0 fully saturated rings. The quantitative estimate of drug-likeness (QED) is 0.841. The minimum Gasteiger partial charge on any atom is -0.383 e. The summed E-state index contributed by atoms with van der Waals surface area (Å²) in [6.45, 7) is 5.43. The fourth-order valence-corrected chi connectivity index (χ4v) is 1.64. The summed E-state index contributed by atoms with van der Waals surface area (Å²) in [6, 6.07) is 5.95. The first-order valence-electron chi connectivity index (χ1n) is 5.75. The monoisotopic (exact) mass is 240 g/mol. The van der Waals surface area contributed by atoms with Crippen molar-refractivity contribution in [3.63, 3.8) is 0 Å². The highest BCUT2D eigenvalue weighted by Crippen LogP contribution is 2.27. The zero-order valence-electron chi connectivity index (χ0n) is 10.5. The molecule has 3 heteroatoms. The molecule has 2 nitrogen and oxygen atoms in total. The van der Waals surface area contributed by atoms with Gasteiger partial charge in [-0.25, -0.2) is 0 Å². The van der Waals surface area contributed by atoms with E-state index in [1.54, 1.807) is 0 Å². The van der Waals surface area contributed by atoms with Gasteiger partial charge in [0.15, 0.2) is 0 Å². The van der Waals surface area contributed by atoms with Gasteiger partial charge in [0.2, 0.25) is 0 Å². The minimum atomic E-state index is 0.675. The number of nitrogens with one attached hydrogen (secondary N) is 1. The van der Waals surface area contributed by atoms with Crippen molar-refractivity contribution < 1.29 is 0 Å². The molecule has 0 aliphatic rings. The fraction of sp³-hybridized carbons (Fsp3) is 0.538. The number of benzene rings is 1. The predicted molar refractivity (Wildman–Crippen MR) is 73.7 cm³/mol. The molecular weight excluding hydrogens is 220 g/mol. The van der Waals surface area contributed by atoms with E-state index in [1.807, 2.05) is 32.3 Å². The van der Waals surface area contributed by atoms with Gasteiger partial charge in [0, 0.05) is 25.7 Å². The molecule has 0 heterocycles. The van der Waals surface area contributed by atoms with E-state index in [2.05, 4.69) is 24.1 Å². The first kappa shape index (κ1) is 13.2. The number of rotatable bonds is 5. The molecule has 90 valence electrons. The molecule has 0 aromatic heterocycles. The lowest BCUT2D eigenvalue weighted by Gasteiger charge is -2.20. The summed E-state index contributed by atoms with van der Waals surface area (Å²) < 4.78 is 0. The van der Waals surface area contributed by atoms with Crippen LogP contribution >= 0.6 is 11.6 Å². The second kappa shape index (κ2) is 6.00. The van der Waals surface area contributed by atoms with Crippen molar-refractivity contribution in [2.75, 3.05) is 30.9 Å². The van der Waals surface area contributed by atoms with E-state index in [4.69, 9.17) is 11.6 Å². The van der Waals surface area contributed by atoms with Crippen LogP contribution in [0, 0.1) is 5.92 Å². The molecule has 16 heavy (non-hydrogen) atoms. The number of halogens is 1. The molecular formula is C13H21ClN2. The normalized spacial score (nSPS) is 12.3. The molecule has 0 radical (unpaired) electrons. The van der Waals surface area contributed by atoms with Crippen molar-refractivity contribution in [3.05, 3.63) is 23.2 Å². The molecule has 0 bridgehead atoms. The van der Waals surface area contributed by atoms with Gasteiger partial charge in [-0.3, -0.25) is 0 Å². The average Bonchev–Trinajstić information content (AvgIpc) is 2.25. The number of anilines is 2. The molecule has 1 unspecified atom stereocenters. The molecule has 0 saturated carbocycles. The van der Waals surface area contributed by atoms with Gasteiger partial charge >= 0.3 is 0 Å². The maximum Gasteiger partial charge on any atom is 0.0597 e. The Balaban J connectivity index is 2.80. The first-order chi connectivity index (χ1) is 7.54. The van der Waals surface area contributed by atoms with Gasteiger partial charge in [-0.15, -0.1) is 0 Å². The van der Waals surface area contributed by atoms with Crippen LogP contribution in [0.5, 0.6) is 0 Å². The Bertz CT molecular complexity index is 337. The van der Waals surface area contributed by atoms with E-state index in [9.17, 15) is 0 Å². The molecule has 1 rings (SSSR count). The highest BCUT2D eigenvalue weighted by molar-refractivity contribution is 6.31. The topological polar surface area (TPSA) is 15.3 Å². The summed E-state index contributed by atoms with van der Waals surface area (Å²) in [5.74, 6) is 0.675. The van der Waals surface area contributed by atoms with Gasteiger partial charge < -0.3 is 10.2 Å². The maximum atomic E-state index is 6.01. The molecule has 1 aromatic carbocycles. The zero-order chi connectivity index (χ0) is 12.1. The van der Waals surface area contributed by atoms with Gasteiger partial charge in [0.25, 0.3) is 0 Å². The Morgan fingerprint density at radius 1 is 1.38 bits per heavy atom. The lowest BCUT2D eigenvalue weighted by Crippen LogP contribution is -2.15. The van der Waals surface area contributed by atoms with Gasteiger partial charge in [0.05, 0.1) is 11.4 Å². The summed E-state index contributed by atoms with van der Waals surface area (Å²) in [5, 5.41) is 4.24. The van der Waals surface area contributed by atoms with Crippen LogP contribution in [-0.4, -0.2) is 20.6 Å². The van der Waals surface area contributed by atoms with Crippen molar-refractivity contribution in [1.29, 1.82) is 0 Å². The van der Waals surface area contributed by atoms with Crippen LogP contribution in [0.15, 0.2) is 18.2 Å². The molecule has 0 amide bonds. The highest BCUT2D eigenvalue weighted by Gasteiger charge is 2.06. The smallest absolute Gasteiger partial charge is 0.0597 e. The third kappa shape index (κ3) is 3.60. The van der Waals surface area contributed by atoms with Gasteiger partial charge in [0.1, 0.15) is 0 Å². The van der Waals surface area contributed by atoms with E-state index in [-0.39, 0.29) is 0 Å². The Labute approximate surface area is 104 Å². The van der Waals surface area contributed by atoms with Crippen molar-refractivity contribution >= 4 is 23.0 Å². The molecule has 0 saturated heterocycles. The summed E-state index contributed by atoms with van der Waals surface area (Å²) in [7, 11) is 4.08. The SMILES string of the molecule is CCC(C)CNc1cc(Cl)ccc1N(C)C. The number of hydrogen-bond acceptors (Lipinski definition) is 2. The van der Waals surface area contributed by atoms with Crippen LogP contribution in [-0.2, 0) is 0 Å². The van der Waals surface area contributed by atoms with Crippen molar-refractivity contribution in [2.24, 2.45) is 5.92 Å². The largest absolute Gasteiger partial charge is 0.383 e. The third-order valence-corrected chi connectivity index (χ3v) is 3.01. The van der Waals surface area contributed by atoms with E-state index < -0.39 is 0 Å². The second-order valence-electron chi connectivity index (χ2n) is 4.45. The average molecular weight is 241 g/mol. The summed E-state index contributed by atoms with van der Waals surface area (Å²) in [5.41, 5.74) is 2.28. The van der Waals surface area contributed by atoms with Crippen LogP contribution in [0.2, 0.25) is 5.02 Å². The fourth-order valence-electron chi connectivity index (χ4n) is 1.47. The zero-order valence-corrected chi connectivity index (χ0v) is 11.3. The van der Waals surface area contributed by atoms with E-state index >= 15 is 0 Å². The Morgan fingerprint density at radius 2 is 2.06 bits per heavy atom. The van der Waals surface area contributed by atoms with Crippen molar-refractivity contribution in [3.8, 4) is 0 Å². The molecule has 1 atom stereocenters. The molecule has 0 spiro atoms. The second-order valence-corrected chi connectivity index (χ2v) is 4.89. The van der Waals surface area contributed by atoms with E-state index in [0.29, 0.717) is 5.92 Å². The molecule has 1 aromatic rings. The van der Waals surface area contributed by atoms with E-state index in [1.165, 1.54) is 12.1 Å². The molecule has 0 aliphatic heterocycles. The number of nitrogens with zero attached hydrogens (tertiary/aromatic N) is 1. The van der Waals surface area contributed by atoms with Crippen LogP contribution in [0.1, 0.15) is 20.3 Å². The Hall–Kier alpha value is -0.890.